The van der Waals surface area contributed by atoms with Gasteiger partial charge in [0.05, 0.1) is 0 Å². The summed E-state index contributed by atoms with van der Waals surface area (Å²) >= 11 is 0. The Balaban J connectivity index is 2.57. The average Bonchev–Trinajstić information content (AvgIpc) is 2.63. The molecule has 1 atom stereocenters. The largest absolute Gasteiger partial charge is 0.480 e. The lowest BCUT2D eigenvalue weighted by Crippen LogP contribution is -2.55. The minimum Gasteiger partial charge on any atom is -0.480 e. The Morgan fingerprint density at radius 2 is 2.18 bits per heavy atom. The molecule has 5 nitrogen and oxygen atoms in total. The molecule has 2 N–H and O–H groups in total. The number of nitrogens with zero attached hydrogens (tertiary/aromatic N) is 2. The lowest BCUT2D eigenvalue weighted by Gasteiger charge is -2.28. The SMILES string of the molecule is CC(C)N1CCC(NCCN(C)C)(C(=O)O)C1. The number of hydrogen-bond acceptors (Lipinski definition) is 4. The molecule has 1 aliphatic heterocycles. The number of aliphatic carboxylic acids is 1. The fourth-order valence-electron chi connectivity index (χ4n) is 2.19. The van der Waals surface area contributed by atoms with E-state index in [0.29, 0.717) is 25.6 Å². The van der Waals surface area contributed by atoms with Gasteiger partial charge < -0.3 is 10.0 Å². The zero-order chi connectivity index (χ0) is 13.1. The van der Waals surface area contributed by atoms with Crippen LogP contribution in [0.15, 0.2) is 0 Å². The summed E-state index contributed by atoms with van der Waals surface area (Å²) in [4.78, 5) is 15.7. The van der Waals surface area contributed by atoms with Crippen LogP contribution < -0.4 is 5.32 Å². The van der Waals surface area contributed by atoms with Crippen molar-refractivity contribution in [1.82, 2.24) is 15.1 Å². The summed E-state index contributed by atoms with van der Waals surface area (Å²) in [6, 6.07) is 0.409. The molecule has 0 aromatic rings. The van der Waals surface area contributed by atoms with Gasteiger partial charge in [0.15, 0.2) is 0 Å². The van der Waals surface area contributed by atoms with E-state index in [0.717, 1.165) is 13.1 Å². The van der Waals surface area contributed by atoms with Gasteiger partial charge in [0, 0.05) is 32.2 Å². The van der Waals surface area contributed by atoms with Crippen molar-refractivity contribution in [2.75, 3.05) is 40.3 Å². The highest BCUT2D eigenvalue weighted by Crippen LogP contribution is 2.23. The van der Waals surface area contributed by atoms with Gasteiger partial charge in [-0.3, -0.25) is 15.0 Å². The number of carboxylic acids is 1. The normalized spacial score (nSPS) is 26.0. The van der Waals surface area contributed by atoms with Crippen LogP contribution in [0.1, 0.15) is 20.3 Å². The first-order valence-corrected chi connectivity index (χ1v) is 6.24. The van der Waals surface area contributed by atoms with E-state index in [1.165, 1.54) is 0 Å². The molecule has 0 aromatic heterocycles. The predicted octanol–water partition coefficient (Wildman–Crippen LogP) is 0.0751. The first-order valence-electron chi connectivity index (χ1n) is 6.24. The Morgan fingerprint density at radius 3 is 2.59 bits per heavy atom. The Hall–Kier alpha value is -0.650. The third-order valence-corrected chi connectivity index (χ3v) is 3.46. The van der Waals surface area contributed by atoms with Crippen molar-refractivity contribution >= 4 is 5.97 Å². The van der Waals surface area contributed by atoms with E-state index >= 15 is 0 Å². The van der Waals surface area contributed by atoms with E-state index in [4.69, 9.17) is 0 Å². The zero-order valence-electron chi connectivity index (χ0n) is 11.4. The second kappa shape index (κ2) is 5.80. The van der Waals surface area contributed by atoms with Gasteiger partial charge in [0.1, 0.15) is 5.54 Å². The summed E-state index contributed by atoms with van der Waals surface area (Å²) in [7, 11) is 3.98. The van der Waals surface area contributed by atoms with Crippen LogP contribution in [0.2, 0.25) is 0 Å². The summed E-state index contributed by atoms with van der Waals surface area (Å²) in [6.45, 7) is 7.25. The van der Waals surface area contributed by atoms with Gasteiger partial charge in [-0.15, -0.1) is 0 Å². The molecule has 1 saturated heterocycles. The van der Waals surface area contributed by atoms with Crippen molar-refractivity contribution in [1.29, 1.82) is 0 Å². The molecule has 1 heterocycles. The molecule has 1 unspecified atom stereocenters. The Morgan fingerprint density at radius 1 is 1.53 bits per heavy atom. The fourth-order valence-corrected chi connectivity index (χ4v) is 2.19. The van der Waals surface area contributed by atoms with E-state index in [1.807, 2.05) is 14.1 Å². The minimum atomic E-state index is -0.750. The first kappa shape index (κ1) is 14.4. The number of rotatable bonds is 6. The first-order chi connectivity index (χ1) is 7.87. The van der Waals surface area contributed by atoms with Crippen molar-refractivity contribution in [3.63, 3.8) is 0 Å². The Kier molecular flexibility index (Phi) is 4.91. The molecule has 0 spiro atoms. The highest BCUT2D eigenvalue weighted by atomic mass is 16.4. The second-order valence-corrected chi connectivity index (χ2v) is 5.43. The molecule has 0 radical (unpaired) electrons. The van der Waals surface area contributed by atoms with Crippen molar-refractivity contribution < 1.29 is 9.90 Å². The molecule has 0 saturated carbocycles. The van der Waals surface area contributed by atoms with Crippen LogP contribution in [-0.2, 0) is 4.79 Å². The highest BCUT2D eigenvalue weighted by Gasteiger charge is 2.44. The molecule has 5 heteroatoms. The van der Waals surface area contributed by atoms with Crippen LogP contribution in [0.3, 0.4) is 0 Å². The van der Waals surface area contributed by atoms with Crippen LogP contribution in [0.5, 0.6) is 0 Å². The maximum atomic E-state index is 11.5. The third-order valence-electron chi connectivity index (χ3n) is 3.46. The molecule has 100 valence electrons. The molecule has 17 heavy (non-hydrogen) atoms. The molecule has 1 rings (SSSR count). The number of likely N-dealkylation sites (N-methyl/N-ethyl adjacent to an activating group) is 1. The second-order valence-electron chi connectivity index (χ2n) is 5.43. The highest BCUT2D eigenvalue weighted by molar-refractivity contribution is 5.79. The number of hydrogen-bond donors (Lipinski definition) is 2. The molecular weight excluding hydrogens is 218 g/mol. The smallest absolute Gasteiger partial charge is 0.325 e. The van der Waals surface area contributed by atoms with E-state index < -0.39 is 11.5 Å². The van der Waals surface area contributed by atoms with Gasteiger partial charge >= 0.3 is 5.97 Å². The molecule has 0 bridgehead atoms. The standard InChI is InChI=1S/C12H25N3O2/c1-10(2)15-7-5-12(9-15,11(16)17)13-6-8-14(3)4/h10,13H,5-9H2,1-4H3,(H,16,17). The molecule has 1 aliphatic rings. The van der Waals surface area contributed by atoms with E-state index in [-0.39, 0.29) is 0 Å². The summed E-state index contributed by atoms with van der Waals surface area (Å²) < 4.78 is 0. The predicted molar refractivity (Wildman–Crippen MR) is 68.2 cm³/mol. The van der Waals surface area contributed by atoms with Gasteiger partial charge in [-0.25, -0.2) is 0 Å². The zero-order valence-corrected chi connectivity index (χ0v) is 11.4. The van der Waals surface area contributed by atoms with Gasteiger partial charge in [-0.2, -0.15) is 0 Å². The molecular formula is C12H25N3O2. The van der Waals surface area contributed by atoms with Gasteiger partial charge in [-0.05, 0) is 34.4 Å². The van der Waals surface area contributed by atoms with Crippen LogP contribution in [0, 0.1) is 0 Å². The van der Waals surface area contributed by atoms with Crippen molar-refractivity contribution in [3.8, 4) is 0 Å². The van der Waals surface area contributed by atoms with Gasteiger partial charge in [0.2, 0.25) is 0 Å². The monoisotopic (exact) mass is 243 g/mol. The minimum absolute atomic E-state index is 0.409. The third kappa shape index (κ3) is 3.66. The quantitative estimate of drug-likeness (QED) is 0.692. The van der Waals surface area contributed by atoms with E-state index in [1.54, 1.807) is 0 Å². The lowest BCUT2D eigenvalue weighted by atomic mass is 9.99. The lowest BCUT2D eigenvalue weighted by molar-refractivity contribution is -0.144. The Bertz CT molecular complexity index is 268. The molecule has 1 fully saturated rings. The van der Waals surface area contributed by atoms with Crippen LogP contribution in [-0.4, -0.2) is 72.7 Å². The van der Waals surface area contributed by atoms with Crippen molar-refractivity contribution in [2.45, 2.75) is 31.8 Å². The Labute approximate surface area is 104 Å². The van der Waals surface area contributed by atoms with Crippen LogP contribution in [0.4, 0.5) is 0 Å². The summed E-state index contributed by atoms with van der Waals surface area (Å²) in [5, 5.41) is 12.7. The molecule has 0 amide bonds. The van der Waals surface area contributed by atoms with E-state index in [2.05, 4.69) is 29.0 Å². The maximum Gasteiger partial charge on any atom is 0.325 e. The maximum absolute atomic E-state index is 11.5. The summed E-state index contributed by atoms with van der Waals surface area (Å²) in [5.41, 5.74) is -0.750. The van der Waals surface area contributed by atoms with E-state index in [9.17, 15) is 9.90 Å². The fraction of sp³-hybridized carbons (Fsp3) is 0.917. The number of carboxylic acid groups (broad SMARTS) is 1. The van der Waals surface area contributed by atoms with Crippen molar-refractivity contribution in [3.05, 3.63) is 0 Å². The molecule has 0 aliphatic carbocycles. The van der Waals surface area contributed by atoms with Gasteiger partial charge in [0.25, 0.3) is 0 Å². The number of carbonyl (C=O) groups is 1. The number of likely N-dealkylation sites (tertiary alicyclic amines) is 1. The van der Waals surface area contributed by atoms with Gasteiger partial charge in [-0.1, -0.05) is 0 Å². The number of nitrogens with one attached hydrogen (secondary N) is 1. The summed E-state index contributed by atoms with van der Waals surface area (Å²) in [6.07, 6.45) is 0.688. The summed E-state index contributed by atoms with van der Waals surface area (Å²) in [5.74, 6) is -0.723. The topological polar surface area (TPSA) is 55.8 Å². The molecule has 0 aromatic carbocycles. The van der Waals surface area contributed by atoms with Crippen molar-refractivity contribution in [2.24, 2.45) is 0 Å². The van der Waals surface area contributed by atoms with Crippen LogP contribution in [0.25, 0.3) is 0 Å². The van der Waals surface area contributed by atoms with Crippen LogP contribution >= 0.6 is 0 Å². The average molecular weight is 243 g/mol.